The van der Waals surface area contributed by atoms with Crippen molar-refractivity contribution in [3.63, 3.8) is 0 Å². The molecule has 0 heterocycles. The highest BCUT2D eigenvalue weighted by Crippen LogP contribution is 2.44. The molecule has 0 bridgehead atoms. The van der Waals surface area contributed by atoms with Gasteiger partial charge in [-0.15, -0.1) is 0 Å². The predicted octanol–water partition coefficient (Wildman–Crippen LogP) is 3.55. The third kappa shape index (κ3) is 5.65. The quantitative estimate of drug-likeness (QED) is 0.506. The van der Waals surface area contributed by atoms with E-state index in [-0.39, 0.29) is 36.9 Å². The van der Waals surface area contributed by atoms with Gasteiger partial charge in [0, 0.05) is 25.5 Å². The number of fused-ring (bicyclic) bond motifs is 3. The Balaban J connectivity index is 1.32. The first-order chi connectivity index (χ1) is 17.0. The second kappa shape index (κ2) is 11.4. The Kier molecular flexibility index (Phi) is 8.02. The molecule has 2 aliphatic rings. The van der Waals surface area contributed by atoms with Crippen LogP contribution < -0.4 is 10.6 Å². The first-order valence-corrected chi connectivity index (χ1v) is 12.1. The van der Waals surface area contributed by atoms with Crippen LogP contribution in [0.15, 0.2) is 48.5 Å². The van der Waals surface area contributed by atoms with E-state index in [0.717, 1.165) is 30.4 Å². The third-order valence-electron chi connectivity index (χ3n) is 7.05. The third-order valence-corrected chi connectivity index (χ3v) is 7.05. The molecule has 0 aromatic heterocycles. The van der Waals surface area contributed by atoms with Gasteiger partial charge >= 0.3 is 12.1 Å². The topological polar surface area (TPSA) is 114 Å². The largest absolute Gasteiger partial charge is 0.480 e. The Morgan fingerprint density at radius 1 is 1.00 bits per heavy atom. The maximum absolute atomic E-state index is 12.8. The fourth-order valence-electron chi connectivity index (χ4n) is 5.28. The van der Waals surface area contributed by atoms with Gasteiger partial charge in [0.05, 0.1) is 6.61 Å². The van der Waals surface area contributed by atoms with Crippen LogP contribution in [0.2, 0.25) is 0 Å². The second-order valence-corrected chi connectivity index (χ2v) is 9.21. The van der Waals surface area contributed by atoms with Crippen LogP contribution in [0.4, 0.5) is 4.79 Å². The first kappa shape index (κ1) is 24.7. The van der Waals surface area contributed by atoms with Gasteiger partial charge in [0.2, 0.25) is 5.91 Å². The summed E-state index contributed by atoms with van der Waals surface area (Å²) in [5.41, 5.74) is 4.63. The van der Waals surface area contributed by atoms with E-state index in [9.17, 15) is 19.5 Å². The number of hydrogen-bond donors (Lipinski definition) is 3. The highest BCUT2D eigenvalue weighted by Gasteiger charge is 2.34. The summed E-state index contributed by atoms with van der Waals surface area (Å²) in [4.78, 5) is 36.7. The smallest absolute Gasteiger partial charge is 0.407 e. The van der Waals surface area contributed by atoms with E-state index in [2.05, 4.69) is 34.9 Å². The Morgan fingerprint density at radius 2 is 1.63 bits per heavy atom. The SMILES string of the molecule is COCC(NC(=O)[C@@H]1CCCC[C@@H]1CNC(=O)OCC1c2ccccc2-c2ccccc21)C(=O)O. The van der Waals surface area contributed by atoms with Gasteiger partial charge in [0.15, 0.2) is 6.04 Å². The molecule has 3 atom stereocenters. The Bertz CT molecular complexity index is 1030. The molecule has 3 N–H and O–H groups in total. The Labute approximate surface area is 205 Å². The van der Waals surface area contributed by atoms with Crippen molar-refractivity contribution in [2.45, 2.75) is 37.6 Å². The molecule has 8 nitrogen and oxygen atoms in total. The number of carbonyl (C=O) groups excluding carboxylic acids is 2. The number of rotatable bonds is 9. The van der Waals surface area contributed by atoms with Gasteiger partial charge in [0.25, 0.3) is 0 Å². The van der Waals surface area contributed by atoms with Gasteiger partial charge in [-0.3, -0.25) is 4.79 Å². The molecular weight excluding hydrogens is 448 g/mol. The van der Waals surface area contributed by atoms with Gasteiger partial charge in [-0.25, -0.2) is 9.59 Å². The molecule has 8 heteroatoms. The summed E-state index contributed by atoms with van der Waals surface area (Å²) in [6.07, 6.45) is 2.77. The Hall–Kier alpha value is -3.39. The number of amides is 2. The lowest BCUT2D eigenvalue weighted by atomic mass is 9.78. The minimum Gasteiger partial charge on any atom is -0.480 e. The first-order valence-electron chi connectivity index (χ1n) is 12.1. The highest BCUT2D eigenvalue weighted by atomic mass is 16.5. The molecule has 1 fully saturated rings. The molecule has 4 rings (SSSR count). The van der Waals surface area contributed by atoms with E-state index in [1.54, 1.807) is 0 Å². The van der Waals surface area contributed by atoms with Crippen molar-refractivity contribution >= 4 is 18.0 Å². The van der Waals surface area contributed by atoms with Gasteiger partial charge < -0.3 is 25.2 Å². The van der Waals surface area contributed by atoms with Crippen LogP contribution in [0.1, 0.15) is 42.7 Å². The number of nitrogens with one attached hydrogen (secondary N) is 2. The average Bonchev–Trinajstić information content (AvgIpc) is 3.19. The van der Waals surface area contributed by atoms with E-state index in [1.165, 1.54) is 18.2 Å². The molecule has 0 spiro atoms. The van der Waals surface area contributed by atoms with Crippen LogP contribution in [0, 0.1) is 11.8 Å². The zero-order chi connectivity index (χ0) is 24.8. The van der Waals surface area contributed by atoms with Crippen LogP contribution in [-0.4, -0.2) is 56.0 Å². The molecule has 2 aliphatic carbocycles. The average molecular weight is 481 g/mol. The van der Waals surface area contributed by atoms with E-state index in [1.807, 2.05) is 24.3 Å². The summed E-state index contributed by atoms with van der Waals surface area (Å²) in [5, 5.41) is 14.7. The zero-order valence-corrected chi connectivity index (χ0v) is 19.9. The molecule has 0 radical (unpaired) electrons. The minimum atomic E-state index is -1.13. The van der Waals surface area contributed by atoms with Gasteiger partial charge in [-0.2, -0.15) is 0 Å². The van der Waals surface area contributed by atoms with E-state index >= 15 is 0 Å². The van der Waals surface area contributed by atoms with Crippen molar-refractivity contribution < 1.29 is 29.0 Å². The standard InChI is InChI=1S/C27H32N2O6/c1-34-16-24(26(31)32)29-25(30)18-9-3-2-8-17(18)14-28-27(33)35-15-23-21-12-6-4-10-19(21)20-11-5-7-13-22(20)23/h4-7,10-13,17-18,23-24H,2-3,8-9,14-16H2,1H3,(H,28,33)(H,29,30)(H,31,32)/t17-,18-,24?/m1/s1. The predicted molar refractivity (Wildman–Crippen MR) is 130 cm³/mol. The van der Waals surface area contributed by atoms with Crippen molar-refractivity contribution in [2.75, 3.05) is 26.9 Å². The molecular formula is C27H32N2O6. The summed E-state index contributed by atoms with van der Waals surface area (Å²) in [5.74, 6) is -1.91. The Morgan fingerprint density at radius 3 is 2.26 bits per heavy atom. The van der Waals surface area contributed by atoms with Crippen molar-refractivity contribution in [3.8, 4) is 11.1 Å². The molecule has 2 aromatic carbocycles. The number of aliphatic carboxylic acids is 1. The molecule has 2 amide bonds. The second-order valence-electron chi connectivity index (χ2n) is 9.21. The van der Waals surface area contributed by atoms with Gasteiger partial charge in [-0.05, 0) is 41.0 Å². The van der Waals surface area contributed by atoms with Crippen LogP contribution in [0.5, 0.6) is 0 Å². The number of methoxy groups -OCH3 is 1. The number of carboxylic acid groups (broad SMARTS) is 1. The fraction of sp³-hybridized carbons (Fsp3) is 0.444. The zero-order valence-electron chi connectivity index (χ0n) is 19.9. The normalized spacial score (nSPS) is 19.8. The van der Waals surface area contributed by atoms with Crippen molar-refractivity contribution in [1.82, 2.24) is 10.6 Å². The van der Waals surface area contributed by atoms with Crippen LogP contribution in [0.25, 0.3) is 11.1 Å². The van der Waals surface area contributed by atoms with Crippen molar-refractivity contribution in [1.29, 1.82) is 0 Å². The summed E-state index contributed by atoms with van der Waals surface area (Å²) in [6.45, 7) is 0.430. The summed E-state index contributed by atoms with van der Waals surface area (Å²) >= 11 is 0. The van der Waals surface area contributed by atoms with Crippen LogP contribution >= 0.6 is 0 Å². The van der Waals surface area contributed by atoms with Crippen molar-refractivity contribution in [3.05, 3.63) is 59.7 Å². The number of alkyl carbamates (subject to hydrolysis) is 1. The molecule has 0 aliphatic heterocycles. The monoisotopic (exact) mass is 480 g/mol. The van der Waals surface area contributed by atoms with Gasteiger partial charge in [-0.1, -0.05) is 61.4 Å². The van der Waals surface area contributed by atoms with Crippen molar-refractivity contribution in [2.24, 2.45) is 11.8 Å². The highest BCUT2D eigenvalue weighted by molar-refractivity contribution is 5.85. The van der Waals surface area contributed by atoms with Gasteiger partial charge in [0.1, 0.15) is 6.61 Å². The maximum Gasteiger partial charge on any atom is 0.407 e. The molecule has 1 saturated carbocycles. The number of carboxylic acids is 1. The van der Waals surface area contributed by atoms with Crippen LogP contribution in [0.3, 0.4) is 0 Å². The molecule has 2 aromatic rings. The van der Waals surface area contributed by atoms with E-state index in [4.69, 9.17) is 9.47 Å². The number of ether oxygens (including phenoxy) is 2. The summed E-state index contributed by atoms with van der Waals surface area (Å²) in [7, 11) is 1.39. The van der Waals surface area contributed by atoms with E-state index < -0.39 is 18.1 Å². The molecule has 1 unspecified atom stereocenters. The number of hydrogen-bond acceptors (Lipinski definition) is 5. The lowest BCUT2D eigenvalue weighted by Gasteiger charge is -2.31. The maximum atomic E-state index is 12.8. The van der Waals surface area contributed by atoms with Crippen LogP contribution in [-0.2, 0) is 19.1 Å². The lowest BCUT2D eigenvalue weighted by molar-refractivity contribution is -0.144. The fourth-order valence-corrected chi connectivity index (χ4v) is 5.28. The lowest BCUT2D eigenvalue weighted by Crippen LogP contribution is -2.49. The molecule has 0 saturated heterocycles. The molecule has 35 heavy (non-hydrogen) atoms. The minimum absolute atomic E-state index is 0.0184. The van der Waals surface area contributed by atoms with E-state index in [0.29, 0.717) is 13.0 Å². The summed E-state index contributed by atoms with van der Waals surface area (Å²) in [6, 6.07) is 15.2. The molecule has 186 valence electrons. The number of benzene rings is 2. The number of carbonyl (C=O) groups is 3. The summed E-state index contributed by atoms with van der Waals surface area (Å²) < 4.78 is 10.5.